The molecule has 8 nitrogen and oxygen atoms in total. The zero-order chi connectivity index (χ0) is 28.0. The van der Waals surface area contributed by atoms with Crippen LogP contribution in [0.15, 0.2) is 59.5 Å². The van der Waals surface area contributed by atoms with E-state index in [1.165, 1.54) is 0 Å². The lowest BCUT2D eigenvalue weighted by Crippen LogP contribution is -2.50. The first kappa shape index (κ1) is 28.8. The number of rotatable bonds is 14. The number of carbonyl (C=O) groups is 3. The summed E-state index contributed by atoms with van der Waals surface area (Å²) in [5.41, 5.74) is 5.06. The molecular weight excluding hydrogens is 494 g/mol. The van der Waals surface area contributed by atoms with Crippen molar-refractivity contribution in [1.82, 2.24) is 10.6 Å². The molecule has 3 unspecified atom stereocenters. The topological polar surface area (TPSA) is 123 Å². The Kier molecular flexibility index (Phi) is 9.08. The van der Waals surface area contributed by atoms with Crippen molar-refractivity contribution < 1.29 is 23.9 Å². The van der Waals surface area contributed by atoms with Crippen LogP contribution >= 0.6 is 0 Å². The third-order valence-electron chi connectivity index (χ3n) is 7.90. The first-order valence-corrected chi connectivity index (χ1v) is 14.1. The SMILES string of the molecule is CCCCC(CNCC)COC(=O)C12OC1(CC=C(C)CCC1=CCNC(N)=C1)C(=O)c1ccccc1C2=O. The van der Waals surface area contributed by atoms with Gasteiger partial charge < -0.3 is 25.8 Å². The molecule has 0 aromatic heterocycles. The van der Waals surface area contributed by atoms with E-state index in [4.69, 9.17) is 15.2 Å². The Hall–Kier alpha value is -3.23. The summed E-state index contributed by atoms with van der Waals surface area (Å²) in [7, 11) is 0. The quantitative estimate of drug-likeness (QED) is 0.142. The van der Waals surface area contributed by atoms with Gasteiger partial charge in [0, 0.05) is 36.6 Å². The lowest BCUT2D eigenvalue weighted by atomic mass is 9.72. The normalized spacial score (nSPS) is 24.6. The number of ether oxygens (including phenoxy) is 2. The molecule has 2 aliphatic heterocycles. The minimum Gasteiger partial charge on any atom is -0.463 e. The number of hydrogen-bond donors (Lipinski definition) is 3. The zero-order valence-corrected chi connectivity index (χ0v) is 23.3. The largest absolute Gasteiger partial charge is 0.463 e. The third kappa shape index (κ3) is 5.72. The molecule has 0 bridgehead atoms. The highest BCUT2D eigenvalue weighted by Crippen LogP contribution is 2.58. The Labute approximate surface area is 231 Å². The van der Waals surface area contributed by atoms with Crippen LogP contribution in [-0.4, -0.2) is 55.0 Å². The van der Waals surface area contributed by atoms with Crippen LogP contribution in [0.5, 0.6) is 0 Å². The van der Waals surface area contributed by atoms with Gasteiger partial charge in [0.25, 0.3) is 5.60 Å². The van der Waals surface area contributed by atoms with E-state index in [9.17, 15) is 14.4 Å². The van der Waals surface area contributed by atoms with Crippen molar-refractivity contribution in [2.75, 3.05) is 26.2 Å². The minimum atomic E-state index is -1.93. The lowest BCUT2D eigenvalue weighted by Gasteiger charge is -2.24. The lowest BCUT2D eigenvalue weighted by molar-refractivity contribution is -0.149. The van der Waals surface area contributed by atoms with Gasteiger partial charge in [-0.25, -0.2) is 4.79 Å². The van der Waals surface area contributed by atoms with Crippen molar-refractivity contribution in [3.05, 3.63) is 70.6 Å². The number of epoxide rings is 1. The Balaban J connectivity index is 1.53. The Morgan fingerprint density at radius 1 is 1.23 bits per heavy atom. The number of unbranched alkanes of at least 4 members (excludes halogenated alkanes) is 1. The summed E-state index contributed by atoms with van der Waals surface area (Å²) in [6.07, 6.45) is 10.6. The van der Waals surface area contributed by atoms with Gasteiger partial charge in [-0.2, -0.15) is 0 Å². The number of nitrogens with two attached hydrogens (primary N) is 1. The number of benzene rings is 1. The molecule has 0 spiro atoms. The number of nitrogens with one attached hydrogen (secondary N) is 2. The van der Waals surface area contributed by atoms with Gasteiger partial charge in [-0.05, 0) is 44.4 Å². The van der Waals surface area contributed by atoms with Gasteiger partial charge in [-0.1, -0.05) is 68.7 Å². The van der Waals surface area contributed by atoms with Crippen LogP contribution in [0.2, 0.25) is 0 Å². The Morgan fingerprint density at radius 2 is 1.97 bits per heavy atom. The molecule has 39 heavy (non-hydrogen) atoms. The summed E-state index contributed by atoms with van der Waals surface area (Å²) in [6, 6.07) is 6.62. The standard InChI is InChI=1S/C31H41N3O5/c1-4-6-9-23(19-33-5-2)20-38-29(37)31-28(36)25-11-8-7-10-24(25)27(35)30(31,39-31)16-14-21(3)12-13-22-15-17-34-26(32)18-22/h7-8,10-11,14-15,18,23,33-34H,4-6,9,12-13,16-17,19-20,32H2,1-3H3. The van der Waals surface area contributed by atoms with E-state index in [-0.39, 0.29) is 30.3 Å². The summed E-state index contributed by atoms with van der Waals surface area (Å²) < 4.78 is 11.8. The molecule has 0 radical (unpaired) electrons. The van der Waals surface area contributed by atoms with Gasteiger partial charge in [0.05, 0.1) is 12.4 Å². The fourth-order valence-corrected chi connectivity index (χ4v) is 5.46. The number of allylic oxidation sites excluding steroid dienone is 3. The zero-order valence-electron chi connectivity index (χ0n) is 23.3. The number of fused-ring (bicyclic) bond motifs is 2. The number of esters is 1. The smallest absolute Gasteiger partial charge is 0.350 e. The van der Waals surface area contributed by atoms with Crippen molar-refractivity contribution >= 4 is 17.5 Å². The molecule has 1 aliphatic carbocycles. The van der Waals surface area contributed by atoms with E-state index in [1.807, 2.05) is 26.0 Å². The highest BCUT2D eigenvalue weighted by molar-refractivity contribution is 6.32. The summed E-state index contributed by atoms with van der Waals surface area (Å²) in [4.78, 5) is 41.1. The average molecular weight is 536 g/mol. The van der Waals surface area contributed by atoms with Crippen molar-refractivity contribution in [1.29, 1.82) is 0 Å². The van der Waals surface area contributed by atoms with Gasteiger partial charge in [0.2, 0.25) is 5.78 Å². The van der Waals surface area contributed by atoms with E-state index < -0.39 is 23.0 Å². The van der Waals surface area contributed by atoms with E-state index in [1.54, 1.807) is 24.3 Å². The number of carbonyl (C=O) groups excluding carboxylic acids is 3. The first-order valence-electron chi connectivity index (χ1n) is 14.1. The molecule has 3 atom stereocenters. The Morgan fingerprint density at radius 3 is 2.67 bits per heavy atom. The number of Topliss-reactive ketones (excluding diaryl/α,β-unsaturated/α-hetero) is 2. The summed E-state index contributed by atoms with van der Waals surface area (Å²) >= 11 is 0. The molecule has 4 rings (SSSR count). The second-order valence-electron chi connectivity index (χ2n) is 10.7. The van der Waals surface area contributed by atoms with Crippen LogP contribution in [0.4, 0.5) is 0 Å². The molecule has 2 heterocycles. The molecule has 1 aromatic carbocycles. The molecule has 1 aromatic rings. The van der Waals surface area contributed by atoms with Crippen LogP contribution in [0.25, 0.3) is 0 Å². The second kappa shape index (κ2) is 12.3. The Bertz CT molecular complexity index is 1190. The van der Waals surface area contributed by atoms with Gasteiger partial charge >= 0.3 is 5.97 Å². The highest BCUT2D eigenvalue weighted by Gasteiger charge is 2.85. The fourth-order valence-electron chi connectivity index (χ4n) is 5.46. The van der Waals surface area contributed by atoms with Crippen molar-refractivity contribution in [2.24, 2.45) is 11.7 Å². The maximum absolute atomic E-state index is 13.7. The molecule has 0 amide bonds. The molecule has 8 heteroatoms. The fraction of sp³-hybridized carbons (Fsp3) is 0.516. The van der Waals surface area contributed by atoms with Crippen LogP contribution in [0.1, 0.15) is 80.0 Å². The average Bonchev–Trinajstić information content (AvgIpc) is 3.65. The van der Waals surface area contributed by atoms with Gasteiger partial charge in [-0.15, -0.1) is 0 Å². The predicted octanol–water partition coefficient (Wildman–Crippen LogP) is 3.98. The number of dihydropyridines is 1. The highest BCUT2D eigenvalue weighted by atomic mass is 16.7. The van der Waals surface area contributed by atoms with Crippen molar-refractivity contribution in [3.63, 3.8) is 0 Å². The molecule has 210 valence electrons. The molecule has 1 fully saturated rings. The van der Waals surface area contributed by atoms with E-state index in [2.05, 4.69) is 23.6 Å². The van der Waals surface area contributed by atoms with E-state index in [0.717, 1.165) is 49.8 Å². The van der Waals surface area contributed by atoms with Crippen molar-refractivity contribution in [3.8, 4) is 0 Å². The van der Waals surface area contributed by atoms with Crippen LogP contribution in [0.3, 0.4) is 0 Å². The summed E-state index contributed by atoms with van der Waals surface area (Å²) in [5, 5.41) is 6.38. The third-order valence-corrected chi connectivity index (χ3v) is 7.90. The summed E-state index contributed by atoms with van der Waals surface area (Å²) in [6.45, 7) is 8.54. The molecule has 1 saturated heterocycles. The molecule has 3 aliphatic rings. The monoisotopic (exact) mass is 535 g/mol. The van der Waals surface area contributed by atoms with Gasteiger partial charge in [0.1, 0.15) is 0 Å². The number of ketones is 2. The van der Waals surface area contributed by atoms with E-state index >= 15 is 0 Å². The maximum atomic E-state index is 13.7. The van der Waals surface area contributed by atoms with Gasteiger partial charge in [0.15, 0.2) is 11.4 Å². The van der Waals surface area contributed by atoms with Crippen molar-refractivity contribution in [2.45, 2.75) is 70.5 Å². The maximum Gasteiger partial charge on any atom is 0.350 e. The molecule has 4 N–H and O–H groups in total. The van der Waals surface area contributed by atoms with Gasteiger partial charge in [-0.3, -0.25) is 9.59 Å². The van der Waals surface area contributed by atoms with E-state index in [0.29, 0.717) is 24.5 Å². The second-order valence-corrected chi connectivity index (χ2v) is 10.7. The first-order chi connectivity index (χ1) is 18.8. The molecular formula is C31H41N3O5. The predicted molar refractivity (Wildman–Crippen MR) is 150 cm³/mol. The van der Waals surface area contributed by atoms with Crippen LogP contribution in [0, 0.1) is 5.92 Å². The summed E-state index contributed by atoms with van der Waals surface area (Å²) in [5.74, 6) is -0.832. The number of hydrogen-bond acceptors (Lipinski definition) is 8. The minimum absolute atomic E-state index is 0.120. The molecule has 0 saturated carbocycles. The van der Waals surface area contributed by atoms with Crippen LogP contribution in [-0.2, 0) is 14.3 Å². The van der Waals surface area contributed by atoms with Crippen LogP contribution < -0.4 is 16.4 Å².